The van der Waals surface area contributed by atoms with Crippen molar-refractivity contribution in [2.24, 2.45) is 17.8 Å². The average molecular weight is 225 g/mol. The molecule has 4 nitrogen and oxygen atoms in total. The Balaban J connectivity index is 2.70. The van der Waals surface area contributed by atoms with Crippen molar-refractivity contribution in [3.05, 3.63) is 5.53 Å². The lowest BCUT2D eigenvalue weighted by atomic mass is 9.75. The van der Waals surface area contributed by atoms with E-state index >= 15 is 0 Å². The second-order valence-corrected chi connectivity index (χ2v) is 4.98. The van der Waals surface area contributed by atoms with Crippen molar-refractivity contribution >= 4 is 12.2 Å². The molecule has 0 spiro atoms. The van der Waals surface area contributed by atoms with Crippen LogP contribution in [-0.2, 0) is 9.53 Å². The van der Waals surface area contributed by atoms with Gasteiger partial charge in [0.25, 0.3) is 0 Å². The van der Waals surface area contributed by atoms with Crippen molar-refractivity contribution in [3.8, 4) is 0 Å². The van der Waals surface area contributed by atoms with Crippen LogP contribution in [0.15, 0.2) is 0 Å². The van der Waals surface area contributed by atoms with E-state index in [-0.39, 0.29) is 6.10 Å². The lowest BCUT2D eigenvalue weighted by molar-refractivity contribution is -0.150. The molecular weight excluding hydrogens is 204 g/mol. The summed E-state index contributed by atoms with van der Waals surface area (Å²) in [7, 11) is 0. The zero-order valence-electron chi connectivity index (χ0n) is 11.1. The molecule has 4 heteroatoms. The highest BCUT2D eigenvalue weighted by molar-refractivity contribution is 6.20. The topological polar surface area (TPSA) is 62.7 Å². The highest BCUT2D eigenvalue weighted by Gasteiger charge is 2.33. The van der Waals surface area contributed by atoms with E-state index in [1.807, 2.05) is 0 Å². The van der Waals surface area contributed by atoms with Crippen LogP contribution in [0, 0.1) is 17.8 Å². The van der Waals surface area contributed by atoms with Gasteiger partial charge < -0.3 is 10.3 Å². The maximum atomic E-state index is 11.4. The standard InChI is InChI=1S/C12H20N2O2/c1-8(2)10-5-4-9(3)6-11(10)16-12(15)7-14-13/h7-11H,4-6H2,1-3H3/t9-,10+,11-/m1/s1/i7D. The molecule has 0 aliphatic heterocycles. The first-order chi connectivity index (χ1) is 7.95. The van der Waals surface area contributed by atoms with Crippen molar-refractivity contribution < 1.29 is 15.7 Å². The summed E-state index contributed by atoms with van der Waals surface area (Å²) >= 11 is 0. The summed E-state index contributed by atoms with van der Waals surface area (Å²) in [6.07, 6.45) is 2.13. The molecule has 0 aromatic heterocycles. The van der Waals surface area contributed by atoms with Gasteiger partial charge in [-0.3, -0.25) is 0 Å². The number of carbonyl (C=O) groups is 1. The number of hydrogen-bond donors (Lipinski definition) is 0. The number of rotatable bonds is 3. The van der Waals surface area contributed by atoms with E-state index in [0.29, 0.717) is 17.8 Å². The van der Waals surface area contributed by atoms with E-state index in [1.54, 1.807) is 0 Å². The normalized spacial score (nSPS) is 30.5. The van der Waals surface area contributed by atoms with Crippen LogP contribution in [-0.4, -0.2) is 23.1 Å². The number of nitrogens with zero attached hydrogens (tertiary/aromatic N) is 2. The predicted octanol–water partition coefficient (Wildman–Crippen LogP) is 2.29. The van der Waals surface area contributed by atoms with E-state index in [0.717, 1.165) is 19.3 Å². The molecule has 1 rings (SSSR count). The summed E-state index contributed by atoms with van der Waals surface area (Å²) in [5.41, 5.74) is 8.36. The summed E-state index contributed by atoms with van der Waals surface area (Å²) < 4.78 is 12.4. The van der Waals surface area contributed by atoms with Gasteiger partial charge in [-0.15, -0.1) is 0 Å². The zero-order valence-corrected chi connectivity index (χ0v) is 10.1. The Morgan fingerprint density at radius 3 is 2.88 bits per heavy atom. The van der Waals surface area contributed by atoms with E-state index in [2.05, 4.69) is 25.6 Å². The lowest BCUT2D eigenvalue weighted by Gasteiger charge is -2.36. The molecule has 0 N–H and O–H groups in total. The molecule has 1 aliphatic rings. The minimum absolute atomic E-state index is 0.159. The van der Waals surface area contributed by atoms with Gasteiger partial charge in [0.05, 0.1) is 0 Å². The molecule has 0 amide bonds. The molecule has 0 saturated heterocycles. The summed E-state index contributed by atoms with van der Waals surface area (Å²) in [5, 5.41) is 0. The van der Waals surface area contributed by atoms with Gasteiger partial charge in [-0.05, 0) is 30.6 Å². The second kappa shape index (κ2) is 5.80. The fraction of sp³-hybridized carbons (Fsp3) is 0.833. The van der Waals surface area contributed by atoms with Crippen LogP contribution in [0.4, 0.5) is 0 Å². The fourth-order valence-corrected chi connectivity index (χ4v) is 2.45. The quantitative estimate of drug-likeness (QED) is 0.320. The molecule has 0 aromatic carbocycles. The second-order valence-electron chi connectivity index (χ2n) is 4.98. The molecule has 16 heavy (non-hydrogen) atoms. The molecule has 0 bridgehead atoms. The van der Waals surface area contributed by atoms with Gasteiger partial charge in [-0.2, -0.15) is 4.79 Å². The summed E-state index contributed by atoms with van der Waals surface area (Å²) in [6.45, 7) is 6.37. The molecule has 0 radical (unpaired) electrons. The lowest BCUT2D eigenvalue weighted by Crippen LogP contribution is -2.36. The minimum atomic E-state index is -0.836. The third-order valence-corrected chi connectivity index (χ3v) is 3.36. The number of hydrogen-bond acceptors (Lipinski definition) is 2. The van der Waals surface area contributed by atoms with E-state index in [9.17, 15) is 4.79 Å². The number of carbonyl (C=O) groups excluding carboxylic acids is 1. The molecule has 0 unspecified atom stereocenters. The van der Waals surface area contributed by atoms with Gasteiger partial charge >= 0.3 is 12.2 Å². The van der Waals surface area contributed by atoms with Gasteiger partial charge in [0, 0.05) is 0 Å². The van der Waals surface area contributed by atoms with Gasteiger partial charge in [0.15, 0.2) is 1.37 Å². The van der Waals surface area contributed by atoms with Crippen molar-refractivity contribution in [1.29, 1.82) is 0 Å². The Kier molecular flexibility index (Phi) is 4.11. The molecule has 0 aromatic rings. The maximum absolute atomic E-state index is 11.4. The summed E-state index contributed by atoms with van der Waals surface area (Å²) in [4.78, 5) is 14.0. The molecule has 1 fully saturated rings. The Hall–Kier alpha value is -1.15. The summed E-state index contributed by atoms with van der Waals surface area (Å²) in [6, 6.07) is 0. The minimum Gasteiger partial charge on any atom is -0.454 e. The third-order valence-electron chi connectivity index (χ3n) is 3.36. The highest BCUT2D eigenvalue weighted by Crippen LogP contribution is 2.35. The van der Waals surface area contributed by atoms with Gasteiger partial charge in [0.2, 0.25) is 0 Å². The molecule has 3 atom stereocenters. The molecule has 1 saturated carbocycles. The van der Waals surface area contributed by atoms with Crippen LogP contribution in [0.25, 0.3) is 5.53 Å². The Morgan fingerprint density at radius 2 is 2.31 bits per heavy atom. The van der Waals surface area contributed by atoms with Crippen LogP contribution < -0.4 is 0 Å². The van der Waals surface area contributed by atoms with Crippen LogP contribution in [0.2, 0.25) is 0 Å². The maximum Gasteiger partial charge on any atom is 0.413 e. The van der Waals surface area contributed by atoms with Crippen molar-refractivity contribution in [2.45, 2.75) is 46.1 Å². The van der Waals surface area contributed by atoms with Crippen molar-refractivity contribution in [3.63, 3.8) is 0 Å². The number of esters is 1. The molecule has 0 heterocycles. The van der Waals surface area contributed by atoms with E-state index in [4.69, 9.17) is 11.6 Å². The molecule has 1 aliphatic carbocycles. The average Bonchev–Trinajstić information content (AvgIpc) is 2.27. The predicted molar refractivity (Wildman–Crippen MR) is 60.9 cm³/mol. The largest absolute Gasteiger partial charge is 0.454 e. The monoisotopic (exact) mass is 225 g/mol. The van der Waals surface area contributed by atoms with Gasteiger partial charge in [-0.1, -0.05) is 27.2 Å². The first-order valence-corrected chi connectivity index (χ1v) is 5.85. The first kappa shape index (κ1) is 11.3. The van der Waals surface area contributed by atoms with Crippen LogP contribution in [0.3, 0.4) is 0 Å². The Labute approximate surface area is 98.0 Å². The van der Waals surface area contributed by atoms with Crippen LogP contribution >= 0.6 is 0 Å². The molecule has 90 valence electrons. The Morgan fingerprint density at radius 1 is 1.62 bits per heavy atom. The van der Waals surface area contributed by atoms with E-state index in [1.165, 1.54) is 0 Å². The van der Waals surface area contributed by atoms with Crippen molar-refractivity contribution in [2.75, 3.05) is 0 Å². The Bertz CT molecular complexity index is 337. The highest BCUT2D eigenvalue weighted by atomic mass is 16.5. The third kappa shape index (κ3) is 3.46. The first-order valence-electron chi connectivity index (χ1n) is 6.35. The smallest absolute Gasteiger partial charge is 0.413 e. The fourth-order valence-electron chi connectivity index (χ4n) is 2.45. The van der Waals surface area contributed by atoms with Crippen molar-refractivity contribution in [1.82, 2.24) is 0 Å². The van der Waals surface area contributed by atoms with Gasteiger partial charge in [-0.25, -0.2) is 4.79 Å². The number of ether oxygens (including phenoxy) is 1. The van der Waals surface area contributed by atoms with Crippen LogP contribution in [0.5, 0.6) is 0 Å². The van der Waals surface area contributed by atoms with Crippen LogP contribution in [0.1, 0.15) is 41.4 Å². The SMILES string of the molecule is [2H]C(=[N+]=[N-])C(=O)O[C@@H]1C[C@H](C)CC[C@H]1C(C)C. The molecular formula is C12H20N2O2. The zero-order chi connectivity index (χ0) is 13.0. The summed E-state index contributed by atoms with van der Waals surface area (Å²) in [5.74, 6) is 0.475. The van der Waals surface area contributed by atoms with E-state index < -0.39 is 12.2 Å². The van der Waals surface area contributed by atoms with Gasteiger partial charge in [0.1, 0.15) is 6.10 Å².